The van der Waals surface area contributed by atoms with E-state index in [1.807, 2.05) is 0 Å². The SMILES string of the molecule is Cc1c(C(=O)NCCc2ccc(S(N)(=O)=O)cc2)sc(=O)n1C. The zero-order valence-electron chi connectivity index (χ0n) is 12.7. The molecular weight excluding hydrogens is 338 g/mol. The summed E-state index contributed by atoms with van der Waals surface area (Å²) in [7, 11) is -2.07. The summed E-state index contributed by atoms with van der Waals surface area (Å²) < 4.78 is 23.8. The molecule has 0 spiro atoms. The molecule has 0 fully saturated rings. The van der Waals surface area contributed by atoms with Gasteiger partial charge in [0.25, 0.3) is 5.91 Å². The Labute approximate surface area is 137 Å². The van der Waals surface area contributed by atoms with Gasteiger partial charge in [-0.1, -0.05) is 23.5 Å². The Morgan fingerprint density at radius 3 is 2.39 bits per heavy atom. The molecule has 0 saturated carbocycles. The molecule has 2 rings (SSSR count). The van der Waals surface area contributed by atoms with Crippen molar-refractivity contribution in [2.75, 3.05) is 6.54 Å². The van der Waals surface area contributed by atoms with Crippen molar-refractivity contribution in [2.24, 2.45) is 12.2 Å². The highest BCUT2D eigenvalue weighted by atomic mass is 32.2. The van der Waals surface area contributed by atoms with Gasteiger partial charge in [0, 0.05) is 19.3 Å². The number of rotatable bonds is 5. The van der Waals surface area contributed by atoms with Crippen molar-refractivity contribution in [1.29, 1.82) is 0 Å². The van der Waals surface area contributed by atoms with E-state index in [4.69, 9.17) is 5.14 Å². The second kappa shape index (κ2) is 6.65. The van der Waals surface area contributed by atoms with E-state index in [1.54, 1.807) is 26.1 Å². The van der Waals surface area contributed by atoms with Gasteiger partial charge in [-0.15, -0.1) is 0 Å². The average Bonchev–Trinajstić information content (AvgIpc) is 2.74. The van der Waals surface area contributed by atoms with Crippen LogP contribution in [0.4, 0.5) is 0 Å². The number of benzene rings is 1. The van der Waals surface area contributed by atoms with Gasteiger partial charge in [-0.25, -0.2) is 13.6 Å². The van der Waals surface area contributed by atoms with E-state index >= 15 is 0 Å². The predicted molar refractivity (Wildman–Crippen MR) is 88.1 cm³/mol. The van der Waals surface area contributed by atoms with Crippen molar-refractivity contribution in [2.45, 2.75) is 18.2 Å². The molecule has 3 N–H and O–H groups in total. The highest BCUT2D eigenvalue weighted by Gasteiger charge is 2.15. The normalized spacial score (nSPS) is 11.4. The number of hydrogen-bond acceptors (Lipinski definition) is 5. The second-order valence-corrected chi connectivity index (χ2v) is 7.56. The number of nitrogens with zero attached hydrogens (tertiary/aromatic N) is 1. The van der Waals surface area contributed by atoms with Crippen LogP contribution in [0.3, 0.4) is 0 Å². The first-order chi connectivity index (χ1) is 10.7. The number of aromatic nitrogens is 1. The average molecular weight is 355 g/mol. The van der Waals surface area contributed by atoms with Gasteiger partial charge >= 0.3 is 4.87 Å². The fourth-order valence-electron chi connectivity index (χ4n) is 1.98. The van der Waals surface area contributed by atoms with Crippen LogP contribution in [0.25, 0.3) is 0 Å². The number of nitrogens with one attached hydrogen (secondary N) is 1. The van der Waals surface area contributed by atoms with Gasteiger partial charge in [-0.3, -0.25) is 9.59 Å². The maximum atomic E-state index is 12.1. The van der Waals surface area contributed by atoms with Gasteiger partial charge in [0.2, 0.25) is 10.0 Å². The molecule has 0 aliphatic carbocycles. The van der Waals surface area contributed by atoms with Gasteiger partial charge in [-0.05, 0) is 31.0 Å². The Hall–Kier alpha value is -1.97. The third-order valence-corrected chi connectivity index (χ3v) is 5.51. The van der Waals surface area contributed by atoms with E-state index in [0.29, 0.717) is 23.5 Å². The Kier molecular flexibility index (Phi) is 5.03. The van der Waals surface area contributed by atoms with Crippen molar-refractivity contribution < 1.29 is 13.2 Å². The fraction of sp³-hybridized carbons (Fsp3) is 0.286. The van der Waals surface area contributed by atoms with Gasteiger partial charge in [-0.2, -0.15) is 0 Å². The minimum absolute atomic E-state index is 0.0509. The molecule has 0 atom stereocenters. The van der Waals surface area contributed by atoms with Crippen LogP contribution in [0, 0.1) is 6.92 Å². The van der Waals surface area contributed by atoms with Crippen molar-refractivity contribution in [1.82, 2.24) is 9.88 Å². The summed E-state index contributed by atoms with van der Waals surface area (Å²) in [6.45, 7) is 2.10. The molecule has 2 aromatic rings. The standard InChI is InChI=1S/C14H17N3O4S2/c1-9-12(22-14(19)17(9)2)13(18)16-8-7-10-3-5-11(6-4-10)23(15,20)21/h3-6H,7-8H2,1-2H3,(H,16,18)(H2,15,20,21). The number of sulfonamides is 1. The van der Waals surface area contributed by atoms with Crippen LogP contribution in [0.2, 0.25) is 0 Å². The van der Waals surface area contributed by atoms with Gasteiger partial charge < -0.3 is 9.88 Å². The Morgan fingerprint density at radius 1 is 1.30 bits per heavy atom. The smallest absolute Gasteiger partial charge is 0.307 e. The number of thiazole rings is 1. The predicted octanol–water partition coefficient (Wildman–Crippen LogP) is 0.375. The van der Waals surface area contributed by atoms with Gasteiger partial charge in [0.05, 0.1) is 4.90 Å². The maximum absolute atomic E-state index is 12.1. The third-order valence-electron chi connectivity index (χ3n) is 3.45. The molecule has 1 heterocycles. The maximum Gasteiger partial charge on any atom is 0.307 e. The quantitative estimate of drug-likeness (QED) is 0.807. The van der Waals surface area contributed by atoms with E-state index in [2.05, 4.69) is 5.32 Å². The zero-order chi connectivity index (χ0) is 17.2. The summed E-state index contributed by atoms with van der Waals surface area (Å²) in [6.07, 6.45) is 0.539. The molecule has 0 unspecified atom stereocenters. The van der Waals surface area contributed by atoms with E-state index < -0.39 is 10.0 Å². The summed E-state index contributed by atoms with van der Waals surface area (Å²) in [5.74, 6) is -0.286. The molecule has 0 saturated heterocycles. The number of primary sulfonamides is 1. The largest absolute Gasteiger partial charge is 0.351 e. The molecule has 1 aromatic heterocycles. The molecule has 1 amide bonds. The minimum Gasteiger partial charge on any atom is -0.351 e. The van der Waals surface area contributed by atoms with Gasteiger partial charge in [0.1, 0.15) is 4.88 Å². The second-order valence-electron chi connectivity index (χ2n) is 5.04. The molecule has 0 aliphatic heterocycles. The van der Waals surface area contributed by atoms with Gasteiger partial charge in [0.15, 0.2) is 0 Å². The highest BCUT2D eigenvalue weighted by molar-refractivity contribution is 7.89. The minimum atomic E-state index is -3.70. The summed E-state index contributed by atoms with van der Waals surface area (Å²) in [4.78, 5) is 23.9. The molecule has 0 bridgehead atoms. The van der Waals surface area contributed by atoms with Crippen LogP contribution in [0.1, 0.15) is 20.9 Å². The lowest BCUT2D eigenvalue weighted by molar-refractivity contribution is 0.0957. The van der Waals surface area contributed by atoms with Crippen molar-refractivity contribution >= 4 is 27.3 Å². The number of hydrogen-bond donors (Lipinski definition) is 2. The highest BCUT2D eigenvalue weighted by Crippen LogP contribution is 2.11. The van der Waals surface area contributed by atoms with Crippen LogP contribution in [-0.2, 0) is 23.5 Å². The summed E-state index contributed by atoms with van der Waals surface area (Å²) in [5.41, 5.74) is 1.51. The topological polar surface area (TPSA) is 111 Å². The van der Waals surface area contributed by atoms with Crippen molar-refractivity contribution in [3.8, 4) is 0 Å². The first kappa shape index (κ1) is 17.4. The van der Waals surface area contributed by atoms with Crippen molar-refractivity contribution in [3.63, 3.8) is 0 Å². The van der Waals surface area contributed by atoms with E-state index in [0.717, 1.165) is 16.9 Å². The summed E-state index contributed by atoms with van der Waals surface area (Å²) in [5, 5.41) is 7.78. The van der Waals surface area contributed by atoms with Crippen LogP contribution < -0.4 is 15.3 Å². The van der Waals surface area contributed by atoms with E-state index in [9.17, 15) is 18.0 Å². The Morgan fingerprint density at radius 2 is 1.91 bits per heavy atom. The molecule has 9 heteroatoms. The molecule has 0 radical (unpaired) electrons. The Bertz CT molecular complexity index is 880. The zero-order valence-corrected chi connectivity index (χ0v) is 14.3. The lowest BCUT2D eigenvalue weighted by Crippen LogP contribution is -2.25. The van der Waals surface area contributed by atoms with Crippen LogP contribution in [0.5, 0.6) is 0 Å². The first-order valence-corrected chi connectivity index (χ1v) is 9.13. The lowest BCUT2D eigenvalue weighted by atomic mass is 10.1. The van der Waals surface area contributed by atoms with E-state index in [-0.39, 0.29) is 15.7 Å². The van der Waals surface area contributed by atoms with Crippen LogP contribution in [-0.4, -0.2) is 25.4 Å². The fourth-order valence-corrected chi connectivity index (χ4v) is 3.39. The molecule has 124 valence electrons. The lowest BCUT2D eigenvalue weighted by Gasteiger charge is -2.06. The first-order valence-electron chi connectivity index (χ1n) is 6.76. The number of carbonyl (C=O) groups is 1. The molecule has 1 aromatic carbocycles. The van der Waals surface area contributed by atoms with E-state index in [1.165, 1.54) is 16.7 Å². The third kappa shape index (κ3) is 4.06. The van der Waals surface area contributed by atoms with Crippen LogP contribution in [0.15, 0.2) is 34.0 Å². The monoisotopic (exact) mass is 355 g/mol. The molecule has 0 aliphatic rings. The van der Waals surface area contributed by atoms with Crippen molar-refractivity contribution in [3.05, 3.63) is 50.1 Å². The molecular formula is C14H17N3O4S2. The number of carbonyl (C=O) groups excluding carboxylic acids is 1. The molecule has 23 heavy (non-hydrogen) atoms. The number of nitrogens with two attached hydrogens (primary N) is 1. The number of amides is 1. The summed E-state index contributed by atoms with van der Waals surface area (Å²) >= 11 is 0.915. The Balaban J connectivity index is 1.96. The summed E-state index contributed by atoms with van der Waals surface area (Å²) in [6, 6.07) is 6.16. The molecule has 7 nitrogen and oxygen atoms in total. The van der Waals surface area contributed by atoms with Crippen LogP contribution >= 0.6 is 11.3 Å².